The Bertz CT molecular complexity index is 713. The molecule has 172 valence electrons. The van der Waals surface area contributed by atoms with Gasteiger partial charge >= 0.3 is 0 Å². The highest BCUT2D eigenvalue weighted by Crippen LogP contribution is 2.26. The average molecular weight is 430 g/mol. The third kappa shape index (κ3) is 7.73. The Hall–Kier alpha value is -2.28. The average Bonchev–Trinajstić information content (AvgIpc) is 3.44. The lowest BCUT2D eigenvalue weighted by Crippen LogP contribution is -2.46. The number of nitrogens with zero attached hydrogens (tertiary/aromatic N) is 3. The van der Waals surface area contributed by atoms with Crippen LogP contribution in [-0.2, 0) is 11.2 Å². The predicted octanol–water partition coefficient (Wildman–Crippen LogP) is 2.13. The SMILES string of the molecule is COc1ccc(CCNC(=NCC(=O)N(C)C)NC2CCN(CC3CCCC3)C2)cc1. The van der Waals surface area contributed by atoms with E-state index in [1.54, 1.807) is 26.1 Å². The Labute approximate surface area is 187 Å². The molecule has 1 atom stereocenters. The van der Waals surface area contributed by atoms with Gasteiger partial charge in [0.15, 0.2) is 5.96 Å². The molecule has 1 aromatic rings. The van der Waals surface area contributed by atoms with Crippen LogP contribution in [0.4, 0.5) is 0 Å². The normalized spacial score (nSPS) is 20.1. The molecule has 0 radical (unpaired) electrons. The molecule has 0 bridgehead atoms. The standard InChI is InChI=1S/C24H39N5O2/c1-28(2)23(30)16-26-24(25-14-12-19-8-10-22(31-3)11-9-19)27-21-13-15-29(18-21)17-20-6-4-5-7-20/h8-11,20-21H,4-7,12-18H2,1-3H3,(H2,25,26,27). The van der Waals surface area contributed by atoms with Crippen LogP contribution in [-0.4, -0.2) is 81.6 Å². The summed E-state index contributed by atoms with van der Waals surface area (Å²) in [4.78, 5) is 20.8. The van der Waals surface area contributed by atoms with E-state index in [0.717, 1.165) is 50.1 Å². The number of guanidine groups is 1. The highest BCUT2D eigenvalue weighted by molar-refractivity contribution is 5.85. The van der Waals surface area contributed by atoms with Gasteiger partial charge in [0.05, 0.1) is 7.11 Å². The number of methoxy groups -OCH3 is 1. The van der Waals surface area contributed by atoms with Gasteiger partial charge in [-0.05, 0) is 49.3 Å². The molecule has 2 fully saturated rings. The molecule has 1 saturated heterocycles. The van der Waals surface area contributed by atoms with Crippen molar-refractivity contribution in [1.82, 2.24) is 20.4 Å². The summed E-state index contributed by atoms with van der Waals surface area (Å²) < 4.78 is 5.23. The number of amides is 1. The Morgan fingerprint density at radius 3 is 2.61 bits per heavy atom. The number of carbonyl (C=O) groups excluding carboxylic acids is 1. The van der Waals surface area contributed by atoms with Crippen molar-refractivity contribution in [1.29, 1.82) is 0 Å². The molecule has 1 saturated carbocycles. The number of likely N-dealkylation sites (tertiary alicyclic amines) is 1. The predicted molar refractivity (Wildman–Crippen MR) is 126 cm³/mol. The first-order valence-corrected chi connectivity index (χ1v) is 11.6. The summed E-state index contributed by atoms with van der Waals surface area (Å²) in [5.74, 6) is 2.49. The summed E-state index contributed by atoms with van der Waals surface area (Å²) in [6.45, 7) is 4.34. The summed E-state index contributed by atoms with van der Waals surface area (Å²) in [5, 5.41) is 7.00. The molecule has 31 heavy (non-hydrogen) atoms. The van der Waals surface area contributed by atoms with Crippen LogP contribution in [0.2, 0.25) is 0 Å². The lowest BCUT2D eigenvalue weighted by molar-refractivity contribution is -0.127. The Kier molecular flexibility index (Phi) is 9.00. The number of nitrogens with one attached hydrogen (secondary N) is 2. The molecule has 1 heterocycles. The van der Waals surface area contributed by atoms with Gasteiger partial charge < -0.3 is 25.2 Å². The summed E-state index contributed by atoms with van der Waals surface area (Å²) in [7, 11) is 5.21. The van der Waals surface area contributed by atoms with Gasteiger partial charge in [0.2, 0.25) is 5.91 Å². The number of ether oxygens (including phenoxy) is 1. The molecule has 1 unspecified atom stereocenters. The van der Waals surface area contributed by atoms with Gasteiger partial charge in [-0.2, -0.15) is 0 Å². The van der Waals surface area contributed by atoms with E-state index >= 15 is 0 Å². The molecule has 1 aromatic carbocycles. The largest absolute Gasteiger partial charge is 0.497 e. The molecule has 2 N–H and O–H groups in total. The van der Waals surface area contributed by atoms with Crippen molar-refractivity contribution in [2.75, 3.05) is 53.9 Å². The van der Waals surface area contributed by atoms with Crippen molar-refractivity contribution >= 4 is 11.9 Å². The molecule has 0 aromatic heterocycles. The fourth-order valence-electron chi connectivity index (χ4n) is 4.43. The van der Waals surface area contributed by atoms with Crippen LogP contribution < -0.4 is 15.4 Å². The topological polar surface area (TPSA) is 69.2 Å². The van der Waals surface area contributed by atoms with Crippen molar-refractivity contribution in [2.24, 2.45) is 10.9 Å². The lowest BCUT2D eigenvalue weighted by atomic mass is 10.1. The minimum absolute atomic E-state index is 0.00513. The Morgan fingerprint density at radius 2 is 1.94 bits per heavy atom. The smallest absolute Gasteiger partial charge is 0.243 e. The number of benzene rings is 1. The van der Waals surface area contributed by atoms with Gasteiger partial charge in [-0.25, -0.2) is 4.99 Å². The fourth-order valence-corrected chi connectivity index (χ4v) is 4.43. The first kappa shape index (κ1) is 23.4. The highest BCUT2D eigenvalue weighted by Gasteiger charge is 2.26. The van der Waals surface area contributed by atoms with E-state index in [2.05, 4.69) is 32.7 Å². The minimum Gasteiger partial charge on any atom is -0.497 e. The fraction of sp³-hybridized carbons (Fsp3) is 0.667. The zero-order chi connectivity index (χ0) is 22.1. The van der Waals surface area contributed by atoms with Crippen molar-refractivity contribution in [3.05, 3.63) is 29.8 Å². The van der Waals surface area contributed by atoms with E-state index < -0.39 is 0 Å². The van der Waals surface area contributed by atoms with Gasteiger partial charge in [-0.15, -0.1) is 0 Å². The zero-order valence-corrected chi connectivity index (χ0v) is 19.4. The summed E-state index contributed by atoms with van der Waals surface area (Å²) >= 11 is 0. The van der Waals surface area contributed by atoms with E-state index in [1.165, 1.54) is 37.8 Å². The van der Waals surface area contributed by atoms with E-state index in [-0.39, 0.29) is 12.5 Å². The van der Waals surface area contributed by atoms with E-state index in [4.69, 9.17) is 4.74 Å². The van der Waals surface area contributed by atoms with E-state index in [9.17, 15) is 4.79 Å². The molecule has 7 heteroatoms. The van der Waals surface area contributed by atoms with Crippen LogP contribution in [0.5, 0.6) is 5.75 Å². The number of hydrogen-bond donors (Lipinski definition) is 2. The van der Waals surface area contributed by atoms with Crippen LogP contribution in [0.3, 0.4) is 0 Å². The lowest BCUT2D eigenvalue weighted by Gasteiger charge is -2.21. The van der Waals surface area contributed by atoms with Crippen LogP contribution in [0, 0.1) is 5.92 Å². The first-order chi connectivity index (χ1) is 15.0. The molecule has 1 amide bonds. The van der Waals surface area contributed by atoms with Gasteiger partial charge in [0.1, 0.15) is 12.3 Å². The van der Waals surface area contributed by atoms with Crippen LogP contribution >= 0.6 is 0 Å². The molecule has 0 spiro atoms. The van der Waals surface area contributed by atoms with Crippen molar-refractivity contribution in [2.45, 2.75) is 44.6 Å². The van der Waals surface area contributed by atoms with Crippen LogP contribution in [0.25, 0.3) is 0 Å². The summed E-state index contributed by atoms with van der Waals surface area (Å²) in [5.41, 5.74) is 1.24. The number of likely N-dealkylation sites (N-methyl/N-ethyl adjacent to an activating group) is 1. The summed E-state index contributed by atoms with van der Waals surface area (Å²) in [6, 6.07) is 8.50. The maximum absolute atomic E-state index is 12.0. The monoisotopic (exact) mass is 429 g/mol. The molecule has 7 nitrogen and oxygen atoms in total. The van der Waals surface area contributed by atoms with Crippen molar-refractivity contribution < 1.29 is 9.53 Å². The first-order valence-electron chi connectivity index (χ1n) is 11.6. The van der Waals surface area contributed by atoms with Gasteiger partial charge in [-0.1, -0.05) is 25.0 Å². The molecule has 2 aliphatic rings. The Balaban J connectivity index is 1.50. The van der Waals surface area contributed by atoms with Gasteiger partial charge in [0.25, 0.3) is 0 Å². The third-order valence-electron chi connectivity index (χ3n) is 6.34. The quantitative estimate of drug-likeness (QED) is 0.465. The molecule has 1 aliphatic heterocycles. The maximum atomic E-state index is 12.0. The zero-order valence-electron chi connectivity index (χ0n) is 19.4. The highest BCUT2D eigenvalue weighted by atomic mass is 16.5. The van der Waals surface area contributed by atoms with Crippen LogP contribution in [0.1, 0.15) is 37.7 Å². The van der Waals surface area contributed by atoms with Gasteiger partial charge in [0, 0.05) is 46.3 Å². The number of aliphatic imine (C=N–C) groups is 1. The number of rotatable bonds is 9. The van der Waals surface area contributed by atoms with Crippen molar-refractivity contribution in [3.63, 3.8) is 0 Å². The number of carbonyl (C=O) groups is 1. The molecular weight excluding hydrogens is 390 g/mol. The third-order valence-corrected chi connectivity index (χ3v) is 6.34. The van der Waals surface area contributed by atoms with E-state index in [0.29, 0.717) is 6.04 Å². The summed E-state index contributed by atoms with van der Waals surface area (Å²) in [6.07, 6.45) is 7.57. The second-order valence-corrected chi connectivity index (χ2v) is 9.02. The van der Waals surface area contributed by atoms with Crippen LogP contribution in [0.15, 0.2) is 29.3 Å². The Morgan fingerprint density at radius 1 is 1.19 bits per heavy atom. The van der Waals surface area contributed by atoms with E-state index in [1.807, 2.05) is 12.1 Å². The number of hydrogen-bond acceptors (Lipinski definition) is 4. The maximum Gasteiger partial charge on any atom is 0.243 e. The molecule has 1 aliphatic carbocycles. The second-order valence-electron chi connectivity index (χ2n) is 9.02. The second kappa shape index (κ2) is 11.9. The minimum atomic E-state index is 0.00513. The van der Waals surface area contributed by atoms with Gasteiger partial charge in [-0.3, -0.25) is 4.79 Å². The molecular formula is C24H39N5O2. The van der Waals surface area contributed by atoms with Crippen molar-refractivity contribution in [3.8, 4) is 5.75 Å². The molecule has 3 rings (SSSR count).